The quantitative estimate of drug-likeness (QED) is 0.277. The average molecular weight is 540 g/mol. The first-order valence-corrected chi connectivity index (χ1v) is 13.5. The van der Waals surface area contributed by atoms with Gasteiger partial charge in [-0.25, -0.2) is 14.8 Å². The number of carbonyl (C=O) groups is 3. The molecule has 2 aromatic carbocycles. The highest BCUT2D eigenvalue weighted by molar-refractivity contribution is 7.21. The van der Waals surface area contributed by atoms with E-state index < -0.39 is 5.91 Å². The van der Waals surface area contributed by atoms with Crippen molar-refractivity contribution >= 4 is 62.7 Å². The van der Waals surface area contributed by atoms with Crippen molar-refractivity contribution in [3.05, 3.63) is 71.2 Å². The minimum Gasteiger partial charge on any atom is -0.457 e. The number of aliphatic imine (C=N–C) groups is 1. The van der Waals surface area contributed by atoms with Gasteiger partial charge in [0.15, 0.2) is 0 Å². The molecule has 39 heavy (non-hydrogen) atoms. The molecule has 3 heterocycles. The molecule has 0 saturated heterocycles. The zero-order valence-corrected chi connectivity index (χ0v) is 22.0. The SMILES string of the molecule is Cc1cc(Oc2ccccc2)ccc1N1C(=O)Nc2c(C(=O)N=C3CCCC[C@@H]3NC=O)sc3nccc1c23. The highest BCUT2D eigenvalue weighted by Gasteiger charge is 2.33. The van der Waals surface area contributed by atoms with E-state index in [2.05, 4.69) is 20.6 Å². The second-order valence-corrected chi connectivity index (χ2v) is 10.4. The van der Waals surface area contributed by atoms with Crippen molar-refractivity contribution < 1.29 is 19.1 Å². The molecule has 0 unspecified atom stereocenters. The number of anilines is 3. The molecule has 1 saturated carbocycles. The number of pyridine rings is 1. The van der Waals surface area contributed by atoms with Crippen LogP contribution in [0.2, 0.25) is 0 Å². The van der Waals surface area contributed by atoms with Crippen LogP contribution in [0.4, 0.5) is 21.9 Å². The molecule has 196 valence electrons. The summed E-state index contributed by atoms with van der Waals surface area (Å²) in [4.78, 5) is 49.3. The summed E-state index contributed by atoms with van der Waals surface area (Å²) in [6.07, 6.45) is 5.54. The summed E-state index contributed by atoms with van der Waals surface area (Å²) in [5, 5.41) is 6.38. The van der Waals surface area contributed by atoms with Gasteiger partial charge in [0.05, 0.1) is 28.5 Å². The molecule has 1 aliphatic carbocycles. The molecule has 0 bridgehead atoms. The lowest BCUT2D eigenvalue weighted by Gasteiger charge is -2.29. The second kappa shape index (κ2) is 10.3. The van der Waals surface area contributed by atoms with E-state index >= 15 is 0 Å². The maximum Gasteiger partial charge on any atom is 0.331 e. The van der Waals surface area contributed by atoms with E-state index in [9.17, 15) is 14.4 Å². The van der Waals surface area contributed by atoms with Gasteiger partial charge in [0.25, 0.3) is 5.91 Å². The smallest absolute Gasteiger partial charge is 0.331 e. The molecule has 1 fully saturated rings. The third-order valence-corrected chi connectivity index (χ3v) is 8.01. The van der Waals surface area contributed by atoms with Crippen molar-refractivity contribution in [3.8, 4) is 11.5 Å². The summed E-state index contributed by atoms with van der Waals surface area (Å²) >= 11 is 1.20. The Labute approximate surface area is 228 Å². The topological polar surface area (TPSA) is 113 Å². The van der Waals surface area contributed by atoms with Crippen molar-refractivity contribution in [2.75, 3.05) is 10.2 Å². The molecule has 4 amide bonds. The predicted octanol–water partition coefficient (Wildman–Crippen LogP) is 6.35. The Bertz CT molecular complexity index is 1630. The first-order valence-electron chi connectivity index (χ1n) is 12.7. The Hall–Kier alpha value is -4.57. The minimum absolute atomic E-state index is 0.249. The van der Waals surface area contributed by atoms with E-state index in [4.69, 9.17) is 4.74 Å². The molecule has 6 rings (SSSR count). The monoisotopic (exact) mass is 539 g/mol. The molecule has 2 N–H and O–H groups in total. The van der Waals surface area contributed by atoms with Crippen LogP contribution >= 0.6 is 11.3 Å². The number of nitrogens with zero attached hydrogens (tertiary/aromatic N) is 3. The van der Waals surface area contributed by atoms with Crippen LogP contribution in [0.1, 0.15) is 40.9 Å². The summed E-state index contributed by atoms with van der Waals surface area (Å²) in [5.41, 5.74) is 3.26. The van der Waals surface area contributed by atoms with Crippen LogP contribution in [-0.4, -0.2) is 35.1 Å². The number of nitrogens with one attached hydrogen (secondary N) is 2. The number of aromatic nitrogens is 1. The number of hydrogen-bond donors (Lipinski definition) is 2. The van der Waals surface area contributed by atoms with E-state index in [1.807, 2.05) is 55.5 Å². The standard InChI is InChI=1S/C29H25N5O4S/c1-17-15-19(38-18-7-3-2-4-8-18)11-12-22(17)34-23-13-14-30-28-24(23)25(33-29(34)37)26(39-28)27(36)32-21-10-6-5-9-20(21)31-16-35/h2-4,7-8,11-16,20H,5-6,9-10H2,1H3,(H,31,35)(H,33,37)/t20-/m0/s1. The fourth-order valence-corrected chi connectivity index (χ4v) is 6.12. The first kappa shape index (κ1) is 24.7. The van der Waals surface area contributed by atoms with Gasteiger partial charge in [0.1, 0.15) is 21.2 Å². The molecule has 1 aliphatic heterocycles. The molecular weight excluding hydrogens is 514 g/mol. The van der Waals surface area contributed by atoms with Crippen LogP contribution in [0.15, 0.2) is 65.8 Å². The summed E-state index contributed by atoms with van der Waals surface area (Å²) in [5.74, 6) is 0.940. The van der Waals surface area contributed by atoms with Crippen molar-refractivity contribution in [2.24, 2.45) is 4.99 Å². The van der Waals surface area contributed by atoms with Crippen LogP contribution in [0, 0.1) is 6.92 Å². The van der Waals surface area contributed by atoms with Crippen LogP contribution < -0.4 is 20.3 Å². The highest BCUT2D eigenvalue weighted by Crippen LogP contribution is 2.46. The molecule has 0 spiro atoms. The number of para-hydroxylation sites is 1. The van der Waals surface area contributed by atoms with Crippen LogP contribution in [-0.2, 0) is 4.79 Å². The fraction of sp³-hybridized carbons (Fsp3) is 0.207. The van der Waals surface area contributed by atoms with Crippen LogP contribution in [0.3, 0.4) is 0 Å². The fourth-order valence-electron chi connectivity index (χ4n) is 5.11. The van der Waals surface area contributed by atoms with E-state index in [0.29, 0.717) is 56.4 Å². The summed E-state index contributed by atoms with van der Waals surface area (Å²) < 4.78 is 5.96. The lowest BCUT2D eigenvalue weighted by atomic mass is 9.93. The predicted molar refractivity (Wildman–Crippen MR) is 152 cm³/mol. The summed E-state index contributed by atoms with van der Waals surface area (Å²) in [7, 11) is 0. The molecule has 0 radical (unpaired) electrons. The van der Waals surface area contributed by atoms with Crippen LogP contribution in [0.5, 0.6) is 11.5 Å². The molecule has 9 nitrogen and oxygen atoms in total. The van der Waals surface area contributed by atoms with Gasteiger partial charge in [-0.15, -0.1) is 11.3 Å². The Morgan fingerprint density at radius 1 is 1.15 bits per heavy atom. The lowest BCUT2D eigenvalue weighted by Crippen LogP contribution is -2.38. The lowest BCUT2D eigenvalue weighted by molar-refractivity contribution is -0.109. The Balaban J connectivity index is 1.36. The third-order valence-electron chi connectivity index (χ3n) is 6.92. The number of urea groups is 1. The number of aryl methyl sites for hydroxylation is 1. The number of rotatable bonds is 6. The maximum atomic E-state index is 13.5. The van der Waals surface area contributed by atoms with E-state index in [0.717, 1.165) is 30.6 Å². The minimum atomic E-state index is -0.444. The van der Waals surface area contributed by atoms with Gasteiger partial charge in [0, 0.05) is 11.9 Å². The van der Waals surface area contributed by atoms with Gasteiger partial charge >= 0.3 is 6.03 Å². The largest absolute Gasteiger partial charge is 0.457 e. The second-order valence-electron chi connectivity index (χ2n) is 9.44. The van der Waals surface area contributed by atoms with Crippen molar-refractivity contribution in [3.63, 3.8) is 0 Å². The Kier molecular flexibility index (Phi) is 6.54. The normalized spacial score (nSPS) is 17.7. The van der Waals surface area contributed by atoms with E-state index in [1.54, 1.807) is 17.2 Å². The summed E-state index contributed by atoms with van der Waals surface area (Å²) in [6, 6.07) is 16.2. The van der Waals surface area contributed by atoms with Gasteiger partial charge in [-0.3, -0.25) is 14.5 Å². The van der Waals surface area contributed by atoms with Crippen molar-refractivity contribution in [2.45, 2.75) is 38.6 Å². The number of benzene rings is 2. The Morgan fingerprint density at radius 2 is 2.00 bits per heavy atom. The number of thiophene rings is 1. The average Bonchev–Trinajstić information content (AvgIpc) is 3.31. The van der Waals surface area contributed by atoms with Crippen LogP contribution in [0.25, 0.3) is 10.2 Å². The highest BCUT2D eigenvalue weighted by atomic mass is 32.1. The van der Waals surface area contributed by atoms with Crippen molar-refractivity contribution in [1.82, 2.24) is 10.3 Å². The first-order chi connectivity index (χ1) is 19.0. The van der Waals surface area contributed by atoms with E-state index in [-0.39, 0.29) is 12.1 Å². The third kappa shape index (κ3) is 4.63. The molecule has 10 heteroatoms. The number of ether oxygens (including phenoxy) is 1. The molecular formula is C29H25N5O4S. The van der Waals surface area contributed by atoms with Gasteiger partial charge in [-0.1, -0.05) is 24.6 Å². The van der Waals surface area contributed by atoms with E-state index in [1.165, 1.54) is 11.3 Å². The number of carbonyl (C=O) groups excluding carboxylic acids is 3. The zero-order chi connectivity index (χ0) is 26.9. The van der Waals surface area contributed by atoms with Gasteiger partial charge in [-0.05, 0) is 68.1 Å². The zero-order valence-electron chi connectivity index (χ0n) is 21.1. The van der Waals surface area contributed by atoms with Crippen molar-refractivity contribution in [1.29, 1.82) is 0 Å². The number of amides is 4. The number of hydrogen-bond acceptors (Lipinski definition) is 6. The van der Waals surface area contributed by atoms with Gasteiger partial charge in [-0.2, -0.15) is 0 Å². The molecule has 2 aromatic heterocycles. The van der Waals surface area contributed by atoms with Gasteiger partial charge < -0.3 is 15.4 Å². The summed E-state index contributed by atoms with van der Waals surface area (Å²) in [6.45, 7) is 1.92. The molecule has 1 atom stereocenters. The molecule has 2 aliphatic rings. The Morgan fingerprint density at radius 3 is 2.79 bits per heavy atom. The molecule has 4 aromatic rings. The maximum absolute atomic E-state index is 13.5. The van der Waals surface area contributed by atoms with Gasteiger partial charge in [0.2, 0.25) is 6.41 Å².